The van der Waals surface area contributed by atoms with E-state index in [1.54, 1.807) is 12.1 Å². The third-order valence-electron chi connectivity index (χ3n) is 2.51. The lowest BCUT2D eigenvalue weighted by Crippen LogP contribution is -2.33. The molecule has 1 atom stereocenters. The highest BCUT2D eigenvalue weighted by atomic mass is 19.4. The lowest BCUT2D eigenvalue weighted by Gasteiger charge is -2.23. The van der Waals surface area contributed by atoms with E-state index in [1.807, 2.05) is 13.0 Å². The summed E-state index contributed by atoms with van der Waals surface area (Å²) in [5, 5.41) is 0. The summed E-state index contributed by atoms with van der Waals surface area (Å²) in [4.78, 5) is 0. The summed E-state index contributed by atoms with van der Waals surface area (Å²) in [6.45, 7) is 1.99. The fourth-order valence-corrected chi connectivity index (χ4v) is 1.60. The van der Waals surface area contributed by atoms with Crippen LogP contribution in [-0.4, -0.2) is 12.3 Å². The van der Waals surface area contributed by atoms with E-state index in [-0.39, 0.29) is 0 Å². The van der Waals surface area contributed by atoms with Crippen molar-refractivity contribution in [3.05, 3.63) is 35.4 Å². The van der Waals surface area contributed by atoms with Gasteiger partial charge in [0.15, 0.2) is 0 Å². The third-order valence-corrected chi connectivity index (χ3v) is 2.51. The van der Waals surface area contributed by atoms with Crippen LogP contribution in [0.4, 0.5) is 13.2 Å². The number of halogens is 3. The first-order valence-electron chi connectivity index (χ1n) is 5.05. The Morgan fingerprint density at radius 1 is 1.31 bits per heavy atom. The molecule has 0 saturated carbocycles. The summed E-state index contributed by atoms with van der Waals surface area (Å²) in [5.74, 6) is 0.294. The van der Waals surface area contributed by atoms with Crippen molar-refractivity contribution < 1.29 is 17.9 Å². The predicted octanol–water partition coefficient (Wildman–Crippen LogP) is 3.59. The van der Waals surface area contributed by atoms with Gasteiger partial charge in [-0.05, 0) is 30.2 Å². The van der Waals surface area contributed by atoms with Crippen molar-refractivity contribution in [2.24, 2.45) is 0 Å². The molecular weight excluding hydrogens is 217 g/mol. The first-order chi connectivity index (χ1) is 7.50. The molecule has 1 aliphatic heterocycles. The number of rotatable bonds is 1. The van der Waals surface area contributed by atoms with E-state index in [1.165, 1.54) is 6.08 Å². The number of fused-ring (bicyclic) bond motifs is 1. The van der Waals surface area contributed by atoms with Gasteiger partial charge in [-0.3, -0.25) is 0 Å². The lowest BCUT2D eigenvalue weighted by atomic mass is 10.0. The van der Waals surface area contributed by atoms with E-state index in [0.29, 0.717) is 11.3 Å². The quantitative estimate of drug-likeness (QED) is 0.713. The molecule has 0 saturated heterocycles. The standard InChI is InChI=1S/C12H11F3O/c1-2-8-3-5-10-9(7-8)4-6-11(16-10)12(13,14)15/h3-7,11H,2H2,1H3/t11-/m0/s1. The minimum Gasteiger partial charge on any atom is -0.476 e. The van der Waals surface area contributed by atoms with Crippen LogP contribution in [0, 0.1) is 0 Å². The van der Waals surface area contributed by atoms with Gasteiger partial charge in [0.2, 0.25) is 6.10 Å². The zero-order valence-electron chi connectivity index (χ0n) is 8.71. The molecule has 16 heavy (non-hydrogen) atoms. The summed E-state index contributed by atoms with van der Waals surface area (Å²) >= 11 is 0. The van der Waals surface area contributed by atoms with Crippen LogP contribution >= 0.6 is 0 Å². The maximum atomic E-state index is 12.4. The first kappa shape index (κ1) is 11.0. The van der Waals surface area contributed by atoms with Crippen molar-refractivity contribution in [1.29, 1.82) is 0 Å². The van der Waals surface area contributed by atoms with Crippen molar-refractivity contribution in [3.63, 3.8) is 0 Å². The minimum absolute atomic E-state index is 0.294. The first-order valence-corrected chi connectivity index (χ1v) is 5.05. The molecular formula is C12H11F3O. The Morgan fingerprint density at radius 2 is 2.06 bits per heavy atom. The predicted molar refractivity (Wildman–Crippen MR) is 55.3 cm³/mol. The molecule has 86 valence electrons. The highest BCUT2D eigenvalue weighted by Crippen LogP contribution is 2.33. The molecule has 4 heteroatoms. The monoisotopic (exact) mass is 228 g/mol. The van der Waals surface area contributed by atoms with E-state index in [0.717, 1.165) is 18.1 Å². The van der Waals surface area contributed by atoms with E-state index < -0.39 is 12.3 Å². The van der Waals surface area contributed by atoms with Crippen LogP contribution in [0.5, 0.6) is 5.75 Å². The number of hydrogen-bond acceptors (Lipinski definition) is 1. The fraction of sp³-hybridized carbons (Fsp3) is 0.333. The molecule has 1 aromatic rings. The molecule has 0 amide bonds. The normalized spacial score (nSPS) is 19.1. The van der Waals surface area contributed by atoms with Gasteiger partial charge in [-0.15, -0.1) is 0 Å². The Balaban J connectivity index is 2.30. The van der Waals surface area contributed by atoms with Gasteiger partial charge in [0.05, 0.1) is 0 Å². The SMILES string of the molecule is CCc1ccc2c(c1)C=C[C@@H](C(F)(F)F)O2. The van der Waals surface area contributed by atoms with Gasteiger partial charge in [-0.1, -0.05) is 19.1 Å². The largest absolute Gasteiger partial charge is 0.476 e. The average molecular weight is 228 g/mol. The van der Waals surface area contributed by atoms with Crippen LogP contribution in [-0.2, 0) is 6.42 Å². The van der Waals surface area contributed by atoms with Crippen LogP contribution in [0.3, 0.4) is 0 Å². The Kier molecular flexibility index (Phi) is 2.66. The van der Waals surface area contributed by atoms with Crippen molar-refractivity contribution >= 4 is 6.08 Å². The highest BCUT2D eigenvalue weighted by Gasteiger charge is 2.41. The zero-order chi connectivity index (χ0) is 11.8. The van der Waals surface area contributed by atoms with Gasteiger partial charge < -0.3 is 4.74 Å². The molecule has 0 unspecified atom stereocenters. The molecule has 0 spiro atoms. The summed E-state index contributed by atoms with van der Waals surface area (Å²) in [6.07, 6.45) is -2.81. The second-order valence-corrected chi connectivity index (χ2v) is 3.66. The second-order valence-electron chi connectivity index (χ2n) is 3.66. The Hall–Kier alpha value is -1.45. The van der Waals surface area contributed by atoms with Crippen LogP contribution in [0.1, 0.15) is 18.1 Å². The number of benzene rings is 1. The molecule has 1 aromatic carbocycles. The molecule has 1 heterocycles. The highest BCUT2D eigenvalue weighted by molar-refractivity contribution is 5.61. The van der Waals surface area contributed by atoms with Crippen molar-refractivity contribution in [2.75, 3.05) is 0 Å². The van der Waals surface area contributed by atoms with Gasteiger partial charge in [-0.2, -0.15) is 13.2 Å². The summed E-state index contributed by atoms with van der Waals surface area (Å²) < 4.78 is 42.1. The van der Waals surface area contributed by atoms with Crippen molar-refractivity contribution in [2.45, 2.75) is 25.6 Å². The van der Waals surface area contributed by atoms with Crippen molar-refractivity contribution in [1.82, 2.24) is 0 Å². The molecule has 1 aliphatic rings. The third kappa shape index (κ3) is 2.05. The maximum Gasteiger partial charge on any atom is 0.429 e. The topological polar surface area (TPSA) is 9.23 Å². The zero-order valence-corrected chi connectivity index (χ0v) is 8.71. The smallest absolute Gasteiger partial charge is 0.429 e. The van der Waals surface area contributed by atoms with Gasteiger partial charge in [0, 0.05) is 5.56 Å². The molecule has 0 radical (unpaired) electrons. The van der Waals surface area contributed by atoms with Gasteiger partial charge in [0.25, 0.3) is 0 Å². The van der Waals surface area contributed by atoms with Crippen LogP contribution in [0.15, 0.2) is 24.3 Å². The molecule has 0 fully saturated rings. The van der Waals surface area contributed by atoms with E-state index in [2.05, 4.69) is 0 Å². The van der Waals surface area contributed by atoms with E-state index >= 15 is 0 Å². The molecule has 0 N–H and O–H groups in total. The number of ether oxygens (including phenoxy) is 1. The van der Waals surface area contributed by atoms with Crippen molar-refractivity contribution in [3.8, 4) is 5.75 Å². The van der Waals surface area contributed by atoms with Gasteiger partial charge >= 0.3 is 6.18 Å². The molecule has 0 aliphatic carbocycles. The molecule has 2 rings (SSSR count). The Labute approximate surface area is 91.5 Å². The van der Waals surface area contributed by atoms with E-state index in [4.69, 9.17) is 4.74 Å². The minimum atomic E-state index is -4.35. The van der Waals surface area contributed by atoms with Gasteiger partial charge in [0.1, 0.15) is 5.75 Å². The Morgan fingerprint density at radius 3 is 2.69 bits per heavy atom. The molecule has 0 bridgehead atoms. The second kappa shape index (κ2) is 3.85. The average Bonchev–Trinajstić information content (AvgIpc) is 2.26. The summed E-state index contributed by atoms with van der Waals surface area (Å²) in [6, 6.07) is 5.22. The molecule has 1 nitrogen and oxygen atoms in total. The number of hydrogen-bond donors (Lipinski definition) is 0. The summed E-state index contributed by atoms with van der Waals surface area (Å²) in [7, 11) is 0. The van der Waals surface area contributed by atoms with E-state index in [9.17, 15) is 13.2 Å². The summed E-state index contributed by atoms with van der Waals surface area (Å²) in [5.41, 5.74) is 1.79. The van der Waals surface area contributed by atoms with Crippen LogP contribution < -0.4 is 4.74 Å². The van der Waals surface area contributed by atoms with Crippen LogP contribution in [0.25, 0.3) is 6.08 Å². The Bertz CT molecular complexity index is 421. The lowest BCUT2D eigenvalue weighted by molar-refractivity contribution is -0.180. The van der Waals surface area contributed by atoms with Crippen LogP contribution in [0.2, 0.25) is 0 Å². The number of alkyl halides is 3. The van der Waals surface area contributed by atoms with Gasteiger partial charge in [-0.25, -0.2) is 0 Å². The fourth-order valence-electron chi connectivity index (χ4n) is 1.60. The molecule has 0 aromatic heterocycles. The number of aryl methyl sites for hydroxylation is 1. The maximum absolute atomic E-state index is 12.4.